The molecule has 0 N–H and O–H groups in total. The second-order valence-electron chi connectivity index (χ2n) is 4.29. The largest absolute Gasteiger partial charge is 0.473 e. The van der Waals surface area contributed by atoms with E-state index in [0.29, 0.717) is 12.1 Å². The van der Waals surface area contributed by atoms with E-state index in [4.69, 9.17) is 4.74 Å². The van der Waals surface area contributed by atoms with E-state index in [2.05, 4.69) is 23.7 Å². The fourth-order valence-electron chi connectivity index (χ4n) is 2.42. The van der Waals surface area contributed by atoms with Crippen LogP contribution in [0.3, 0.4) is 0 Å². The third-order valence-corrected chi connectivity index (χ3v) is 3.29. The van der Waals surface area contributed by atoms with E-state index in [1.165, 1.54) is 6.42 Å². The molecule has 0 aromatic carbocycles. The summed E-state index contributed by atoms with van der Waals surface area (Å²) in [5.41, 5.74) is 0. The predicted octanol–water partition coefficient (Wildman–Crippen LogP) is 2.33. The fraction of sp³-hybridized carbons (Fsp3) is 0.615. The van der Waals surface area contributed by atoms with Crippen LogP contribution < -0.4 is 4.74 Å². The third kappa shape index (κ3) is 2.53. The molecule has 2 heterocycles. The van der Waals surface area contributed by atoms with Crippen molar-refractivity contribution in [2.24, 2.45) is 0 Å². The topological polar surface area (TPSA) is 25.4 Å². The summed E-state index contributed by atoms with van der Waals surface area (Å²) in [4.78, 5) is 6.70. The summed E-state index contributed by atoms with van der Waals surface area (Å²) in [5, 5.41) is 0. The van der Waals surface area contributed by atoms with Gasteiger partial charge in [-0.2, -0.15) is 0 Å². The van der Waals surface area contributed by atoms with Crippen LogP contribution in [0.5, 0.6) is 5.88 Å². The average Bonchev–Trinajstić information content (AvgIpc) is 2.72. The molecule has 1 aromatic heterocycles. The molecule has 0 aliphatic carbocycles. The van der Waals surface area contributed by atoms with Crippen molar-refractivity contribution in [2.75, 3.05) is 13.1 Å². The lowest BCUT2D eigenvalue weighted by atomic mass is 10.1. The molecule has 3 nitrogen and oxygen atoms in total. The van der Waals surface area contributed by atoms with Crippen molar-refractivity contribution in [3.8, 4) is 5.88 Å². The van der Waals surface area contributed by atoms with E-state index in [-0.39, 0.29) is 0 Å². The van der Waals surface area contributed by atoms with Gasteiger partial charge in [0.05, 0.1) is 0 Å². The minimum atomic E-state index is 0.305. The molecule has 2 unspecified atom stereocenters. The zero-order valence-corrected chi connectivity index (χ0v) is 10.1. The summed E-state index contributed by atoms with van der Waals surface area (Å²) in [6, 6.07) is 6.48. The summed E-state index contributed by atoms with van der Waals surface area (Å²) in [5.74, 6) is 0.750. The summed E-state index contributed by atoms with van der Waals surface area (Å²) >= 11 is 0. The lowest BCUT2D eigenvalue weighted by molar-refractivity contribution is 0.193. The third-order valence-electron chi connectivity index (χ3n) is 3.29. The Morgan fingerprint density at radius 3 is 2.88 bits per heavy atom. The van der Waals surface area contributed by atoms with Gasteiger partial charge in [-0.3, -0.25) is 4.90 Å². The normalized spacial score (nSPS) is 25.9. The number of likely N-dealkylation sites (N-methyl/N-ethyl adjacent to an activating group) is 1. The number of aromatic nitrogens is 1. The van der Waals surface area contributed by atoms with E-state index in [9.17, 15) is 0 Å². The van der Waals surface area contributed by atoms with Crippen LogP contribution in [-0.4, -0.2) is 35.1 Å². The highest BCUT2D eigenvalue weighted by Crippen LogP contribution is 2.23. The van der Waals surface area contributed by atoms with Gasteiger partial charge in [-0.15, -0.1) is 0 Å². The molecule has 0 amide bonds. The Hall–Kier alpha value is -1.09. The number of rotatable bonds is 4. The zero-order valence-electron chi connectivity index (χ0n) is 10.1. The van der Waals surface area contributed by atoms with Crippen LogP contribution in [0.15, 0.2) is 24.4 Å². The molecule has 16 heavy (non-hydrogen) atoms. The molecule has 1 fully saturated rings. The molecular weight excluding hydrogens is 200 g/mol. The quantitative estimate of drug-likeness (QED) is 0.778. The molecule has 1 aliphatic heterocycles. The minimum absolute atomic E-state index is 0.305. The maximum Gasteiger partial charge on any atom is 0.213 e. The van der Waals surface area contributed by atoms with Crippen LogP contribution in [0, 0.1) is 0 Å². The summed E-state index contributed by atoms with van der Waals surface area (Å²) in [7, 11) is 0. The number of pyridine rings is 1. The lowest BCUT2D eigenvalue weighted by Gasteiger charge is -2.19. The summed E-state index contributed by atoms with van der Waals surface area (Å²) in [6.45, 7) is 6.61. The Bertz CT molecular complexity index is 303. The van der Waals surface area contributed by atoms with Gasteiger partial charge in [0, 0.05) is 31.3 Å². The Morgan fingerprint density at radius 2 is 2.31 bits per heavy atom. The van der Waals surface area contributed by atoms with Crippen molar-refractivity contribution < 1.29 is 4.74 Å². The second-order valence-corrected chi connectivity index (χ2v) is 4.29. The van der Waals surface area contributed by atoms with E-state index in [1.807, 2.05) is 18.2 Å². The molecule has 2 atom stereocenters. The summed E-state index contributed by atoms with van der Waals surface area (Å²) in [6.07, 6.45) is 4.41. The van der Waals surface area contributed by atoms with Crippen molar-refractivity contribution >= 4 is 0 Å². The molecule has 0 radical (unpaired) electrons. The Balaban J connectivity index is 1.93. The van der Waals surface area contributed by atoms with Gasteiger partial charge in [0.25, 0.3) is 0 Å². The van der Waals surface area contributed by atoms with Crippen molar-refractivity contribution in [1.82, 2.24) is 9.88 Å². The molecule has 1 aromatic rings. The summed E-state index contributed by atoms with van der Waals surface area (Å²) < 4.78 is 5.89. The molecule has 0 bridgehead atoms. The first-order valence-corrected chi connectivity index (χ1v) is 6.15. The SMILES string of the molecule is CCC1CC(Oc2ccccn2)CN1CC. The number of nitrogens with zero attached hydrogens (tertiary/aromatic N) is 2. The number of likely N-dealkylation sites (tertiary alicyclic amines) is 1. The van der Waals surface area contributed by atoms with Crippen LogP contribution in [0.2, 0.25) is 0 Å². The second kappa shape index (κ2) is 5.30. The number of hydrogen-bond acceptors (Lipinski definition) is 3. The standard InChI is InChI=1S/C13H20N2O/c1-3-11-9-12(10-15(11)4-2)16-13-7-5-6-8-14-13/h5-8,11-12H,3-4,9-10H2,1-2H3. The first-order chi connectivity index (χ1) is 7.83. The molecule has 0 saturated carbocycles. The van der Waals surface area contributed by atoms with E-state index in [1.54, 1.807) is 6.20 Å². The van der Waals surface area contributed by atoms with Gasteiger partial charge in [0.1, 0.15) is 6.10 Å². The van der Waals surface area contributed by atoms with E-state index < -0.39 is 0 Å². The smallest absolute Gasteiger partial charge is 0.213 e. The molecule has 1 saturated heterocycles. The first-order valence-electron chi connectivity index (χ1n) is 6.15. The van der Waals surface area contributed by atoms with Gasteiger partial charge < -0.3 is 4.74 Å². The zero-order chi connectivity index (χ0) is 11.4. The van der Waals surface area contributed by atoms with E-state index in [0.717, 1.165) is 25.4 Å². The highest BCUT2D eigenvalue weighted by Gasteiger charge is 2.31. The van der Waals surface area contributed by atoms with Crippen LogP contribution >= 0.6 is 0 Å². The predicted molar refractivity (Wildman–Crippen MR) is 64.6 cm³/mol. The number of hydrogen-bond donors (Lipinski definition) is 0. The van der Waals surface area contributed by atoms with E-state index >= 15 is 0 Å². The van der Waals surface area contributed by atoms with Gasteiger partial charge in [-0.25, -0.2) is 4.98 Å². The Kier molecular flexibility index (Phi) is 3.78. The van der Waals surface area contributed by atoms with Gasteiger partial charge in [0.15, 0.2) is 0 Å². The van der Waals surface area contributed by atoms with Gasteiger partial charge >= 0.3 is 0 Å². The maximum absolute atomic E-state index is 5.89. The first kappa shape index (κ1) is 11.4. The molecule has 2 rings (SSSR count). The highest BCUT2D eigenvalue weighted by atomic mass is 16.5. The molecule has 3 heteroatoms. The molecule has 88 valence electrons. The average molecular weight is 220 g/mol. The highest BCUT2D eigenvalue weighted by molar-refractivity contribution is 5.10. The van der Waals surface area contributed by atoms with Crippen LogP contribution in [0.1, 0.15) is 26.7 Å². The van der Waals surface area contributed by atoms with Gasteiger partial charge in [-0.05, 0) is 19.0 Å². The monoisotopic (exact) mass is 220 g/mol. The van der Waals surface area contributed by atoms with Gasteiger partial charge in [0.2, 0.25) is 5.88 Å². The number of ether oxygens (including phenoxy) is 1. The van der Waals surface area contributed by atoms with Crippen molar-refractivity contribution in [3.63, 3.8) is 0 Å². The lowest BCUT2D eigenvalue weighted by Crippen LogP contribution is -2.29. The van der Waals surface area contributed by atoms with Crippen molar-refractivity contribution in [3.05, 3.63) is 24.4 Å². The molecule has 1 aliphatic rings. The van der Waals surface area contributed by atoms with Gasteiger partial charge in [-0.1, -0.05) is 19.9 Å². The van der Waals surface area contributed by atoms with Crippen molar-refractivity contribution in [2.45, 2.75) is 38.8 Å². The minimum Gasteiger partial charge on any atom is -0.473 e. The van der Waals surface area contributed by atoms with Crippen LogP contribution in [0.25, 0.3) is 0 Å². The van der Waals surface area contributed by atoms with Crippen LogP contribution in [0.4, 0.5) is 0 Å². The van der Waals surface area contributed by atoms with Crippen molar-refractivity contribution in [1.29, 1.82) is 0 Å². The Labute approximate surface area is 97.4 Å². The fourth-order valence-corrected chi connectivity index (χ4v) is 2.42. The maximum atomic E-state index is 5.89. The van der Waals surface area contributed by atoms with Crippen LogP contribution in [-0.2, 0) is 0 Å². The molecule has 0 spiro atoms. The molecular formula is C13H20N2O. The Morgan fingerprint density at radius 1 is 1.44 bits per heavy atom.